The number of fused-ring (bicyclic) bond motifs is 3. The van der Waals surface area contributed by atoms with E-state index in [4.69, 9.17) is 0 Å². The maximum Gasteiger partial charge on any atom is 0.0645 e. The Morgan fingerprint density at radius 1 is 0.239 bits per heavy atom. The number of anilines is 3. The summed E-state index contributed by atoms with van der Waals surface area (Å²) in [5.74, 6) is 0. The van der Waals surface area contributed by atoms with Crippen LogP contribution in [0, 0.1) is 0 Å². The van der Waals surface area contributed by atoms with Gasteiger partial charge in [0.1, 0.15) is 0 Å². The molecule has 67 heavy (non-hydrogen) atoms. The molecule has 0 bridgehead atoms. The molecule has 0 N–H and O–H groups in total. The summed E-state index contributed by atoms with van der Waals surface area (Å²) in [7, 11) is 0. The highest BCUT2D eigenvalue weighted by molar-refractivity contribution is 6.04. The van der Waals surface area contributed by atoms with Crippen molar-refractivity contribution >= 4 is 49.4 Å². The molecule has 0 aliphatic heterocycles. The Kier molecular flexibility index (Phi) is 9.19. The van der Waals surface area contributed by atoms with E-state index in [0.717, 1.165) is 71.6 Å². The van der Waals surface area contributed by atoms with E-state index in [-0.39, 0.29) is 35.4 Å². The van der Waals surface area contributed by atoms with Crippen molar-refractivity contribution in [3.05, 3.63) is 273 Å². The summed E-state index contributed by atoms with van der Waals surface area (Å²) < 4.78 is 38.5. The molecule has 0 saturated carbocycles. The fourth-order valence-corrected chi connectivity index (χ4v) is 9.63. The molecule has 12 rings (SSSR count). The summed E-state index contributed by atoms with van der Waals surface area (Å²) in [4.78, 5) is 1.87. The first-order valence-corrected chi connectivity index (χ1v) is 22.7. The van der Waals surface area contributed by atoms with Crippen LogP contribution in [0.25, 0.3) is 99.1 Å². The highest BCUT2D eigenvalue weighted by Crippen LogP contribution is 2.42. The third-order valence-corrected chi connectivity index (χ3v) is 13.0. The maximum absolute atomic E-state index is 9.70. The lowest BCUT2D eigenvalue weighted by atomic mass is 9.90. The van der Waals surface area contributed by atoms with E-state index in [1.807, 2.05) is 71.6 Å². The zero-order valence-corrected chi connectivity index (χ0v) is 36.6. The molecular formula is C66H45N. The summed E-state index contributed by atoms with van der Waals surface area (Å²) in [6.45, 7) is 0. The first kappa shape index (κ1) is 35.6. The Morgan fingerprint density at radius 3 is 1.31 bits per heavy atom. The Hall–Kier alpha value is -8.78. The average Bonchev–Trinajstić information content (AvgIpc) is 3.43. The van der Waals surface area contributed by atoms with Gasteiger partial charge in [0.15, 0.2) is 0 Å². The molecule has 12 aromatic carbocycles. The maximum atomic E-state index is 9.70. The molecule has 0 saturated heterocycles. The van der Waals surface area contributed by atoms with Crippen molar-refractivity contribution in [3.63, 3.8) is 0 Å². The lowest BCUT2D eigenvalue weighted by Gasteiger charge is -2.26. The zero-order chi connectivity index (χ0) is 48.0. The molecule has 0 amide bonds. The van der Waals surface area contributed by atoms with Gasteiger partial charge in [-0.3, -0.25) is 0 Å². The SMILES string of the molecule is [2H]c1c([2H])c(N(c2ccc(-c3cccc(-c4cccc5ccccc45)c3)cc2)c2ccc(-c3ccc4ccccc4c3-c3ccccc3)cc2)c([2H])c([2H])c1-c1ccc(-c2cccc3ccccc23)cc1. The molecule has 0 aliphatic rings. The van der Waals surface area contributed by atoms with Crippen molar-refractivity contribution in [2.24, 2.45) is 0 Å². The van der Waals surface area contributed by atoms with Crippen molar-refractivity contribution in [1.82, 2.24) is 0 Å². The Labute approximate surface area is 397 Å². The summed E-state index contributed by atoms with van der Waals surface area (Å²) in [6.07, 6.45) is 0. The molecule has 0 atom stereocenters. The highest BCUT2D eigenvalue weighted by atomic mass is 15.1. The van der Waals surface area contributed by atoms with Gasteiger partial charge >= 0.3 is 0 Å². The first-order valence-electron chi connectivity index (χ1n) is 24.7. The second-order valence-corrected chi connectivity index (χ2v) is 16.9. The lowest BCUT2D eigenvalue weighted by Crippen LogP contribution is -2.09. The molecule has 0 aliphatic carbocycles. The average molecular weight is 856 g/mol. The molecule has 314 valence electrons. The van der Waals surface area contributed by atoms with Gasteiger partial charge in [-0.05, 0) is 141 Å². The number of hydrogen-bond donors (Lipinski definition) is 0. The van der Waals surface area contributed by atoms with E-state index in [9.17, 15) is 5.48 Å². The van der Waals surface area contributed by atoms with Crippen molar-refractivity contribution in [2.75, 3.05) is 4.90 Å². The van der Waals surface area contributed by atoms with Crippen LogP contribution in [0.5, 0.6) is 0 Å². The number of benzene rings is 12. The molecule has 0 fully saturated rings. The first-order chi connectivity index (χ1) is 34.9. The number of rotatable bonds is 9. The largest absolute Gasteiger partial charge is 0.311 e. The van der Waals surface area contributed by atoms with Gasteiger partial charge in [-0.1, -0.05) is 230 Å². The second kappa shape index (κ2) is 17.3. The van der Waals surface area contributed by atoms with Crippen LogP contribution in [0.1, 0.15) is 5.48 Å². The smallest absolute Gasteiger partial charge is 0.0645 e. The van der Waals surface area contributed by atoms with Crippen LogP contribution < -0.4 is 4.90 Å². The van der Waals surface area contributed by atoms with Gasteiger partial charge in [-0.25, -0.2) is 0 Å². The van der Waals surface area contributed by atoms with Gasteiger partial charge in [0.25, 0.3) is 0 Å². The molecule has 12 aromatic rings. The van der Waals surface area contributed by atoms with Crippen LogP contribution in [0.15, 0.2) is 273 Å². The topological polar surface area (TPSA) is 3.24 Å². The van der Waals surface area contributed by atoms with Crippen LogP contribution in [0.2, 0.25) is 0 Å². The molecule has 0 spiro atoms. The molecular weight excluding hydrogens is 807 g/mol. The second-order valence-electron chi connectivity index (χ2n) is 16.9. The standard InChI is InChI=1S/C66H45N/c1-2-16-54(17-3-1)66-64-24-9-6-15-51(64)37-44-65(66)53-35-42-59(43-36-53)67(57-38-31-47(32-39-57)46-27-29-52(30-28-46)62-25-11-18-49-13-4-7-22-60(49)62)58-40-33-48(34-41-58)55-20-10-21-56(45-55)63-26-12-19-50-14-5-8-23-61(50)63/h1-45H/i31D,32D,38D,39D. The summed E-state index contributed by atoms with van der Waals surface area (Å²) in [6, 6.07) is 85.0. The van der Waals surface area contributed by atoms with Gasteiger partial charge in [0, 0.05) is 17.1 Å². The van der Waals surface area contributed by atoms with Gasteiger partial charge in [0.2, 0.25) is 0 Å². The minimum Gasteiger partial charge on any atom is -0.311 e. The molecule has 0 radical (unpaired) electrons. The normalized spacial score (nSPS) is 12.1. The third-order valence-electron chi connectivity index (χ3n) is 13.0. The zero-order valence-electron chi connectivity index (χ0n) is 40.6. The summed E-state index contributed by atoms with van der Waals surface area (Å²) >= 11 is 0. The number of hydrogen-bond acceptors (Lipinski definition) is 1. The van der Waals surface area contributed by atoms with E-state index in [2.05, 4.69) is 182 Å². The van der Waals surface area contributed by atoms with Crippen LogP contribution in [0.3, 0.4) is 0 Å². The quantitative estimate of drug-likeness (QED) is 0.140. The lowest BCUT2D eigenvalue weighted by molar-refractivity contribution is 1.28. The molecule has 1 heteroatoms. The minimum atomic E-state index is -0.129. The summed E-state index contributed by atoms with van der Waals surface area (Å²) in [5, 5.41) is 7.00. The van der Waals surface area contributed by atoms with Gasteiger partial charge in [-0.15, -0.1) is 0 Å². The number of nitrogens with zero attached hydrogens (tertiary/aromatic N) is 1. The van der Waals surface area contributed by atoms with E-state index in [1.165, 1.54) is 16.3 Å². The summed E-state index contributed by atoms with van der Waals surface area (Å²) in [5.41, 5.74) is 13.3. The highest BCUT2D eigenvalue weighted by Gasteiger charge is 2.17. The Bertz CT molecular complexity index is 3920. The minimum absolute atomic E-state index is 0.105. The van der Waals surface area contributed by atoms with Crippen molar-refractivity contribution < 1.29 is 5.48 Å². The molecule has 1 nitrogen and oxygen atoms in total. The fraction of sp³-hybridized carbons (Fsp3) is 0. The van der Waals surface area contributed by atoms with Crippen LogP contribution in [-0.2, 0) is 0 Å². The van der Waals surface area contributed by atoms with Crippen molar-refractivity contribution in [3.8, 4) is 66.8 Å². The fourth-order valence-electron chi connectivity index (χ4n) is 9.63. The molecule has 0 heterocycles. The van der Waals surface area contributed by atoms with E-state index in [1.54, 1.807) is 0 Å². The van der Waals surface area contributed by atoms with Crippen molar-refractivity contribution in [1.29, 1.82) is 0 Å². The third kappa shape index (κ3) is 7.63. The Morgan fingerprint density at radius 2 is 0.672 bits per heavy atom. The van der Waals surface area contributed by atoms with E-state index < -0.39 is 0 Å². The predicted octanol–water partition coefficient (Wildman–Crippen LogP) is 18.6. The van der Waals surface area contributed by atoms with Gasteiger partial charge in [-0.2, -0.15) is 0 Å². The Balaban J connectivity index is 0.966. The van der Waals surface area contributed by atoms with Crippen LogP contribution in [-0.4, -0.2) is 0 Å². The predicted molar refractivity (Wildman–Crippen MR) is 286 cm³/mol. The molecule has 0 aromatic heterocycles. The van der Waals surface area contributed by atoms with E-state index >= 15 is 0 Å². The monoisotopic (exact) mass is 855 g/mol. The van der Waals surface area contributed by atoms with Gasteiger partial charge < -0.3 is 4.90 Å². The van der Waals surface area contributed by atoms with E-state index in [0.29, 0.717) is 16.9 Å². The van der Waals surface area contributed by atoms with Crippen LogP contribution in [0.4, 0.5) is 17.1 Å². The van der Waals surface area contributed by atoms with Gasteiger partial charge in [0.05, 0.1) is 5.48 Å². The van der Waals surface area contributed by atoms with Crippen molar-refractivity contribution in [2.45, 2.75) is 0 Å². The van der Waals surface area contributed by atoms with Crippen LogP contribution >= 0.6 is 0 Å². The molecule has 0 unspecified atom stereocenters.